The highest BCUT2D eigenvalue weighted by atomic mass is 79.9. The summed E-state index contributed by atoms with van der Waals surface area (Å²) in [5.41, 5.74) is 6.08. The molecule has 1 aromatic rings. The fourth-order valence-corrected chi connectivity index (χ4v) is 1.39. The topological polar surface area (TPSA) is 86.7 Å². The van der Waals surface area contributed by atoms with Gasteiger partial charge in [-0.15, -0.1) is 0 Å². The van der Waals surface area contributed by atoms with Gasteiger partial charge >= 0.3 is 0 Å². The van der Waals surface area contributed by atoms with Crippen molar-refractivity contribution in [2.75, 3.05) is 6.61 Å². The molecule has 72 valence electrons. The minimum Gasteiger partial charge on any atom is -0.504 e. The molecule has 1 aromatic carbocycles. The molecule has 4 nitrogen and oxygen atoms in total. The summed E-state index contributed by atoms with van der Waals surface area (Å²) in [7, 11) is 0. The van der Waals surface area contributed by atoms with Crippen LogP contribution in [0.4, 0.5) is 0 Å². The Bertz CT molecular complexity index is 293. The van der Waals surface area contributed by atoms with E-state index in [1.165, 1.54) is 6.07 Å². The van der Waals surface area contributed by atoms with E-state index in [0.717, 1.165) is 0 Å². The van der Waals surface area contributed by atoms with Gasteiger partial charge in [0, 0.05) is 0 Å². The van der Waals surface area contributed by atoms with Crippen LogP contribution in [0.2, 0.25) is 0 Å². The summed E-state index contributed by atoms with van der Waals surface area (Å²) in [5, 5.41) is 27.1. The molecule has 0 aliphatic carbocycles. The first-order valence-corrected chi connectivity index (χ1v) is 4.43. The van der Waals surface area contributed by atoms with Crippen molar-refractivity contribution in [3.63, 3.8) is 0 Å². The lowest BCUT2D eigenvalue weighted by Crippen LogP contribution is -2.14. The van der Waals surface area contributed by atoms with E-state index in [0.29, 0.717) is 10.0 Å². The molecule has 0 saturated heterocycles. The highest BCUT2D eigenvalue weighted by Crippen LogP contribution is 2.35. The van der Waals surface area contributed by atoms with E-state index in [-0.39, 0.29) is 18.1 Å². The highest BCUT2D eigenvalue weighted by molar-refractivity contribution is 9.10. The van der Waals surface area contributed by atoms with Crippen LogP contribution in [0.25, 0.3) is 0 Å². The molecule has 5 heteroatoms. The van der Waals surface area contributed by atoms with E-state index in [9.17, 15) is 10.2 Å². The monoisotopic (exact) mass is 247 g/mol. The Morgan fingerprint density at radius 3 is 2.46 bits per heavy atom. The Kier molecular flexibility index (Phi) is 3.13. The van der Waals surface area contributed by atoms with E-state index in [1.54, 1.807) is 6.07 Å². The molecule has 0 aliphatic rings. The molecule has 13 heavy (non-hydrogen) atoms. The molecule has 5 N–H and O–H groups in total. The maximum Gasteiger partial charge on any atom is 0.171 e. The summed E-state index contributed by atoms with van der Waals surface area (Å²) in [6, 6.07) is 2.32. The van der Waals surface area contributed by atoms with Crippen LogP contribution in [0.1, 0.15) is 11.6 Å². The largest absolute Gasteiger partial charge is 0.504 e. The fraction of sp³-hybridized carbons (Fsp3) is 0.250. The van der Waals surface area contributed by atoms with Gasteiger partial charge in [0.05, 0.1) is 17.1 Å². The van der Waals surface area contributed by atoms with E-state index in [1.807, 2.05) is 0 Å². The van der Waals surface area contributed by atoms with Gasteiger partial charge in [0.1, 0.15) is 0 Å². The van der Waals surface area contributed by atoms with Gasteiger partial charge in [-0.1, -0.05) is 0 Å². The number of hydrogen-bond acceptors (Lipinski definition) is 4. The number of phenols is 2. The Morgan fingerprint density at radius 1 is 1.38 bits per heavy atom. The molecule has 0 heterocycles. The molecular weight excluding hydrogens is 238 g/mol. The van der Waals surface area contributed by atoms with Crippen LogP contribution in [0, 0.1) is 0 Å². The number of aliphatic hydroxyl groups is 1. The summed E-state index contributed by atoms with van der Waals surface area (Å²) in [6.07, 6.45) is 0. The molecule has 0 radical (unpaired) electrons. The van der Waals surface area contributed by atoms with Gasteiger partial charge in [-0.25, -0.2) is 0 Å². The smallest absolute Gasteiger partial charge is 0.171 e. The Balaban J connectivity index is 3.13. The molecule has 1 rings (SSSR count). The van der Waals surface area contributed by atoms with Crippen molar-refractivity contribution in [1.29, 1.82) is 0 Å². The molecular formula is C8H10BrNO3. The molecule has 1 atom stereocenters. The van der Waals surface area contributed by atoms with Gasteiger partial charge in [-0.3, -0.25) is 0 Å². The van der Waals surface area contributed by atoms with E-state index < -0.39 is 6.04 Å². The summed E-state index contributed by atoms with van der Waals surface area (Å²) in [6.45, 7) is -0.212. The van der Waals surface area contributed by atoms with Crippen molar-refractivity contribution in [3.8, 4) is 11.5 Å². The normalized spacial score (nSPS) is 12.8. The van der Waals surface area contributed by atoms with Gasteiger partial charge in [-0.2, -0.15) is 0 Å². The number of phenolic OH excluding ortho intramolecular Hbond substituents is 2. The van der Waals surface area contributed by atoms with Crippen LogP contribution >= 0.6 is 15.9 Å². The van der Waals surface area contributed by atoms with Gasteiger partial charge in [0.25, 0.3) is 0 Å². The Morgan fingerprint density at radius 2 is 2.00 bits per heavy atom. The quantitative estimate of drug-likeness (QED) is 0.584. The maximum absolute atomic E-state index is 9.21. The number of nitrogens with two attached hydrogens (primary N) is 1. The molecule has 0 aromatic heterocycles. The Hall–Kier alpha value is -0.780. The van der Waals surface area contributed by atoms with Gasteiger partial charge in [-0.05, 0) is 33.6 Å². The van der Waals surface area contributed by atoms with Crippen LogP contribution in [-0.4, -0.2) is 21.9 Å². The zero-order valence-corrected chi connectivity index (χ0v) is 8.32. The lowest BCUT2D eigenvalue weighted by Gasteiger charge is -2.10. The number of benzene rings is 1. The number of aromatic hydroxyl groups is 2. The van der Waals surface area contributed by atoms with Gasteiger partial charge in [0.2, 0.25) is 0 Å². The summed E-state index contributed by atoms with van der Waals surface area (Å²) >= 11 is 3.05. The summed E-state index contributed by atoms with van der Waals surface area (Å²) < 4.78 is 0.353. The molecule has 0 fully saturated rings. The molecule has 0 bridgehead atoms. The molecule has 0 saturated carbocycles. The van der Waals surface area contributed by atoms with Crippen LogP contribution in [-0.2, 0) is 0 Å². The van der Waals surface area contributed by atoms with Crippen LogP contribution in [0.5, 0.6) is 11.5 Å². The number of rotatable bonds is 2. The molecule has 1 unspecified atom stereocenters. The minimum absolute atomic E-state index is 0.212. The van der Waals surface area contributed by atoms with Crippen LogP contribution in [0.15, 0.2) is 16.6 Å². The first-order chi connectivity index (χ1) is 6.06. The average Bonchev–Trinajstić information content (AvgIpc) is 2.12. The first-order valence-electron chi connectivity index (χ1n) is 3.64. The summed E-state index contributed by atoms with van der Waals surface area (Å²) in [4.78, 5) is 0. The van der Waals surface area contributed by atoms with E-state index in [2.05, 4.69) is 15.9 Å². The third-order valence-corrected chi connectivity index (χ3v) is 2.29. The molecule has 0 amide bonds. The number of hydrogen-bond donors (Lipinski definition) is 4. The summed E-state index contributed by atoms with van der Waals surface area (Å²) in [5.74, 6) is -0.484. The lowest BCUT2D eigenvalue weighted by atomic mass is 10.1. The zero-order valence-electron chi connectivity index (χ0n) is 6.74. The maximum atomic E-state index is 9.21. The highest BCUT2D eigenvalue weighted by Gasteiger charge is 2.11. The van der Waals surface area contributed by atoms with E-state index >= 15 is 0 Å². The standard InChI is InChI=1S/C8H10BrNO3/c9-5-1-4(6(10)3-11)2-7(12)8(5)13/h1-2,6,11-13H,3,10H2. The lowest BCUT2D eigenvalue weighted by molar-refractivity contribution is 0.267. The predicted molar refractivity (Wildman–Crippen MR) is 51.5 cm³/mol. The van der Waals surface area contributed by atoms with Crippen LogP contribution in [0.3, 0.4) is 0 Å². The van der Waals surface area contributed by atoms with E-state index in [4.69, 9.17) is 10.8 Å². The second-order valence-corrected chi connectivity index (χ2v) is 3.51. The third-order valence-electron chi connectivity index (χ3n) is 1.69. The van der Waals surface area contributed by atoms with Gasteiger partial charge < -0.3 is 21.1 Å². The molecule has 0 spiro atoms. The van der Waals surface area contributed by atoms with Crippen molar-refractivity contribution < 1.29 is 15.3 Å². The van der Waals surface area contributed by atoms with Crippen molar-refractivity contribution >= 4 is 15.9 Å². The molecule has 0 aliphatic heterocycles. The zero-order chi connectivity index (χ0) is 10.0. The third kappa shape index (κ3) is 2.12. The minimum atomic E-state index is -0.553. The fourth-order valence-electron chi connectivity index (χ4n) is 0.924. The second-order valence-electron chi connectivity index (χ2n) is 2.66. The number of halogens is 1. The predicted octanol–water partition coefficient (Wildman–Crippen LogP) is 0.852. The van der Waals surface area contributed by atoms with Crippen molar-refractivity contribution in [2.45, 2.75) is 6.04 Å². The average molecular weight is 248 g/mol. The first kappa shape index (κ1) is 10.3. The van der Waals surface area contributed by atoms with Crippen LogP contribution < -0.4 is 5.73 Å². The SMILES string of the molecule is NC(CO)c1cc(O)c(O)c(Br)c1. The Labute approximate surface area is 83.8 Å². The van der Waals surface area contributed by atoms with Crippen molar-refractivity contribution in [2.24, 2.45) is 5.73 Å². The second kappa shape index (κ2) is 3.95. The van der Waals surface area contributed by atoms with Crippen molar-refractivity contribution in [3.05, 3.63) is 22.2 Å². The van der Waals surface area contributed by atoms with Gasteiger partial charge in [0.15, 0.2) is 11.5 Å². The van der Waals surface area contributed by atoms with Crippen molar-refractivity contribution in [1.82, 2.24) is 0 Å². The number of aliphatic hydroxyl groups excluding tert-OH is 1.